The summed E-state index contributed by atoms with van der Waals surface area (Å²) in [6, 6.07) is 21.9. The number of para-hydroxylation sites is 1. The highest BCUT2D eigenvalue weighted by Crippen LogP contribution is 2.22. The van der Waals surface area contributed by atoms with Gasteiger partial charge >= 0.3 is 0 Å². The van der Waals surface area contributed by atoms with E-state index in [1.165, 1.54) is 23.5 Å². The van der Waals surface area contributed by atoms with E-state index in [2.05, 4.69) is 10.6 Å². The van der Waals surface area contributed by atoms with Crippen LogP contribution in [0.5, 0.6) is 0 Å². The molecule has 0 saturated heterocycles. The van der Waals surface area contributed by atoms with E-state index in [1.54, 1.807) is 48.5 Å². The molecule has 3 aromatic rings. The van der Waals surface area contributed by atoms with Gasteiger partial charge in [-0.1, -0.05) is 43.3 Å². The SMILES string of the molecule is CCCC(=O)Nc1ccc(CNC(=O)c2cccc(S(=O)(=O)N(C)c3ccccc3)c2)cc1. The van der Waals surface area contributed by atoms with Crippen LogP contribution in [-0.2, 0) is 21.4 Å². The molecule has 33 heavy (non-hydrogen) atoms. The zero-order valence-corrected chi connectivity index (χ0v) is 19.4. The van der Waals surface area contributed by atoms with Crippen molar-refractivity contribution < 1.29 is 18.0 Å². The largest absolute Gasteiger partial charge is 0.348 e. The highest BCUT2D eigenvalue weighted by molar-refractivity contribution is 7.92. The minimum absolute atomic E-state index is 0.0358. The van der Waals surface area contributed by atoms with E-state index in [4.69, 9.17) is 0 Å². The van der Waals surface area contributed by atoms with Gasteiger partial charge in [0.25, 0.3) is 15.9 Å². The molecule has 0 saturated carbocycles. The number of rotatable bonds is 9. The minimum atomic E-state index is -3.82. The molecule has 2 amide bonds. The average molecular weight is 466 g/mol. The van der Waals surface area contributed by atoms with Gasteiger partial charge in [0, 0.05) is 31.3 Å². The highest BCUT2D eigenvalue weighted by atomic mass is 32.2. The maximum Gasteiger partial charge on any atom is 0.264 e. The second-order valence-corrected chi connectivity index (χ2v) is 9.48. The summed E-state index contributed by atoms with van der Waals surface area (Å²) in [5.74, 6) is -0.416. The van der Waals surface area contributed by atoms with E-state index in [1.807, 2.05) is 25.1 Å². The molecule has 0 radical (unpaired) electrons. The molecule has 0 atom stereocenters. The maximum absolute atomic E-state index is 13.0. The van der Waals surface area contributed by atoms with Gasteiger partial charge in [0.05, 0.1) is 10.6 Å². The first-order chi connectivity index (χ1) is 15.8. The van der Waals surface area contributed by atoms with Crippen molar-refractivity contribution in [2.24, 2.45) is 0 Å². The molecule has 0 aliphatic heterocycles. The Balaban J connectivity index is 1.66. The second-order valence-electron chi connectivity index (χ2n) is 7.51. The summed E-state index contributed by atoms with van der Waals surface area (Å²) in [4.78, 5) is 24.4. The second kappa shape index (κ2) is 10.8. The lowest BCUT2D eigenvalue weighted by Gasteiger charge is -2.19. The summed E-state index contributed by atoms with van der Waals surface area (Å²) in [5.41, 5.74) is 2.33. The van der Waals surface area contributed by atoms with Crippen LogP contribution in [-0.4, -0.2) is 27.3 Å². The standard InChI is InChI=1S/C25H27N3O4S/c1-3-8-24(29)27-21-15-13-19(14-16-21)18-26-25(30)20-9-7-12-23(17-20)33(31,32)28(2)22-10-5-4-6-11-22/h4-7,9-17H,3,8,18H2,1-2H3,(H,26,30)(H,27,29). The van der Waals surface area contributed by atoms with Crippen molar-refractivity contribution in [3.63, 3.8) is 0 Å². The number of amides is 2. The monoisotopic (exact) mass is 465 g/mol. The first kappa shape index (κ1) is 24.0. The fraction of sp³-hybridized carbons (Fsp3) is 0.200. The van der Waals surface area contributed by atoms with E-state index < -0.39 is 10.0 Å². The molecule has 2 N–H and O–H groups in total. The first-order valence-electron chi connectivity index (χ1n) is 10.6. The highest BCUT2D eigenvalue weighted by Gasteiger charge is 2.22. The molecule has 3 aromatic carbocycles. The molecular formula is C25H27N3O4S. The van der Waals surface area contributed by atoms with Crippen LogP contribution < -0.4 is 14.9 Å². The van der Waals surface area contributed by atoms with Crippen LogP contribution in [0.25, 0.3) is 0 Å². The van der Waals surface area contributed by atoms with Crippen molar-refractivity contribution in [1.82, 2.24) is 5.32 Å². The Bertz CT molecular complexity index is 1210. The van der Waals surface area contributed by atoms with Gasteiger partial charge in [-0.05, 0) is 54.4 Å². The fourth-order valence-electron chi connectivity index (χ4n) is 3.17. The molecule has 0 aliphatic carbocycles. The lowest BCUT2D eigenvalue weighted by Crippen LogP contribution is -2.27. The van der Waals surface area contributed by atoms with Gasteiger partial charge in [0.1, 0.15) is 0 Å². The van der Waals surface area contributed by atoms with E-state index in [-0.39, 0.29) is 28.8 Å². The molecule has 0 heterocycles. The van der Waals surface area contributed by atoms with Gasteiger partial charge in [0.15, 0.2) is 0 Å². The minimum Gasteiger partial charge on any atom is -0.348 e. The third kappa shape index (κ3) is 6.20. The number of sulfonamides is 1. The van der Waals surface area contributed by atoms with Gasteiger partial charge in [-0.3, -0.25) is 13.9 Å². The first-order valence-corrected chi connectivity index (χ1v) is 12.1. The Morgan fingerprint density at radius 1 is 0.909 bits per heavy atom. The van der Waals surface area contributed by atoms with Gasteiger partial charge in [-0.25, -0.2) is 8.42 Å². The van der Waals surface area contributed by atoms with Crippen LogP contribution in [0.2, 0.25) is 0 Å². The lowest BCUT2D eigenvalue weighted by molar-refractivity contribution is -0.116. The van der Waals surface area contributed by atoms with Gasteiger partial charge in [-0.2, -0.15) is 0 Å². The topological polar surface area (TPSA) is 95.6 Å². The molecule has 0 aliphatic rings. The number of carbonyl (C=O) groups excluding carboxylic acids is 2. The normalized spacial score (nSPS) is 11.0. The lowest BCUT2D eigenvalue weighted by atomic mass is 10.1. The summed E-state index contributed by atoms with van der Waals surface area (Å²) in [5, 5.41) is 5.62. The average Bonchev–Trinajstić information content (AvgIpc) is 2.83. The summed E-state index contributed by atoms with van der Waals surface area (Å²) < 4.78 is 27.2. The fourth-order valence-corrected chi connectivity index (χ4v) is 4.42. The Labute approximate surface area is 194 Å². The molecule has 8 heteroatoms. The number of anilines is 2. The van der Waals surface area contributed by atoms with Crippen molar-refractivity contribution in [2.75, 3.05) is 16.7 Å². The van der Waals surface area contributed by atoms with E-state index in [0.29, 0.717) is 17.8 Å². The Kier molecular flexibility index (Phi) is 7.84. The number of hydrogen-bond donors (Lipinski definition) is 2. The van der Waals surface area contributed by atoms with Crippen molar-refractivity contribution in [3.8, 4) is 0 Å². The van der Waals surface area contributed by atoms with Crippen molar-refractivity contribution >= 4 is 33.2 Å². The molecular weight excluding hydrogens is 438 g/mol. The van der Waals surface area contributed by atoms with Gasteiger partial charge in [0.2, 0.25) is 5.91 Å². The summed E-state index contributed by atoms with van der Waals surface area (Å²) in [6.07, 6.45) is 1.24. The smallest absolute Gasteiger partial charge is 0.264 e. The van der Waals surface area contributed by atoms with Crippen molar-refractivity contribution in [3.05, 3.63) is 90.0 Å². The summed E-state index contributed by atoms with van der Waals surface area (Å²) in [7, 11) is -2.34. The van der Waals surface area contributed by atoms with E-state index in [9.17, 15) is 18.0 Å². The van der Waals surface area contributed by atoms with Gasteiger partial charge < -0.3 is 10.6 Å². The molecule has 0 fully saturated rings. The van der Waals surface area contributed by atoms with Crippen molar-refractivity contribution in [1.29, 1.82) is 0 Å². The van der Waals surface area contributed by atoms with E-state index in [0.717, 1.165) is 12.0 Å². The van der Waals surface area contributed by atoms with Crippen LogP contribution in [0, 0.1) is 0 Å². The number of nitrogens with zero attached hydrogens (tertiary/aromatic N) is 1. The van der Waals surface area contributed by atoms with Crippen molar-refractivity contribution in [2.45, 2.75) is 31.2 Å². The zero-order valence-electron chi connectivity index (χ0n) is 18.6. The number of benzene rings is 3. The number of hydrogen-bond acceptors (Lipinski definition) is 4. The zero-order chi connectivity index (χ0) is 23.8. The van der Waals surface area contributed by atoms with Crippen LogP contribution >= 0.6 is 0 Å². The Morgan fingerprint density at radius 2 is 1.61 bits per heavy atom. The van der Waals surface area contributed by atoms with Crippen LogP contribution in [0.1, 0.15) is 35.7 Å². The molecule has 7 nitrogen and oxygen atoms in total. The van der Waals surface area contributed by atoms with Crippen LogP contribution in [0.3, 0.4) is 0 Å². The maximum atomic E-state index is 13.0. The molecule has 0 aromatic heterocycles. The third-order valence-electron chi connectivity index (χ3n) is 5.04. The molecule has 3 rings (SSSR count). The van der Waals surface area contributed by atoms with Gasteiger partial charge in [-0.15, -0.1) is 0 Å². The van der Waals surface area contributed by atoms with E-state index >= 15 is 0 Å². The predicted octanol–water partition coefficient (Wildman–Crippen LogP) is 4.18. The molecule has 0 unspecified atom stereocenters. The number of nitrogens with one attached hydrogen (secondary N) is 2. The van der Waals surface area contributed by atoms with Crippen LogP contribution in [0.15, 0.2) is 83.8 Å². The number of carbonyl (C=O) groups is 2. The molecule has 0 bridgehead atoms. The summed E-state index contributed by atoms with van der Waals surface area (Å²) >= 11 is 0. The summed E-state index contributed by atoms with van der Waals surface area (Å²) in [6.45, 7) is 2.21. The third-order valence-corrected chi connectivity index (χ3v) is 6.82. The molecule has 172 valence electrons. The predicted molar refractivity (Wildman–Crippen MR) is 130 cm³/mol. The Morgan fingerprint density at radius 3 is 2.27 bits per heavy atom. The Hall–Kier alpha value is -3.65. The molecule has 0 spiro atoms. The van der Waals surface area contributed by atoms with Crippen LogP contribution in [0.4, 0.5) is 11.4 Å². The quantitative estimate of drug-likeness (QED) is 0.496.